The minimum Gasteiger partial charge on any atom is -0.494 e. The lowest BCUT2D eigenvalue weighted by Crippen LogP contribution is -2.13. The summed E-state index contributed by atoms with van der Waals surface area (Å²) in [5.74, 6) is 0.591. The maximum atomic E-state index is 13.0. The van der Waals surface area contributed by atoms with Gasteiger partial charge in [-0.2, -0.15) is 0 Å². The van der Waals surface area contributed by atoms with Crippen LogP contribution in [0.3, 0.4) is 0 Å². The molecule has 0 radical (unpaired) electrons. The molecule has 0 spiro atoms. The molecule has 4 aromatic rings. The third-order valence-corrected chi connectivity index (χ3v) is 4.36. The van der Waals surface area contributed by atoms with E-state index in [0.29, 0.717) is 17.9 Å². The number of carbonyl (C=O) groups is 1. The summed E-state index contributed by atoms with van der Waals surface area (Å²) >= 11 is 0. The van der Waals surface area contributed by atoms with Crippen LogP contribution in [-0.2, 0) is 0 Å². The van der Waals surface area contributed by atoms with Crippen LogP contribution in [0.15, 0.2) is 79.1 Å². The van der Waals surface area contributed by atoms with Gasteiger partial charge in [-0.3, -0.25) is 9.78 Å². The molecule has 0 saturated carbocycles. The molecule has 5 heteroatoms. The number of anilines is 1. The Bertz CT molecular complexity index is 1110. The first-order chi connectivity index (χ1) is 13.7. The SMILES string of the molecule is CCOc1ccc(NC(=O)c2cc(-c3ccncc3)nc3ccccc23)cc1. The molecule has 0 saturated heterocycles. The Balaban J connectivity index is 1.71. The monoisotopic (exact) mass is 369 g/mol. The van der Waals surface area contributed by atoms with Gasteiger partial charge in [0, 0.05) is 29.0 Å². The highest BCUT2D eigenvalue weighted by molar-refractivity contribution is 6.13. The van der Waals surface area contributed by atoms with Crippen molar-refractivity contribution in [1.82, 2.24) is 9.97 Å². The summed E-state index contributed by atoms with van der Waals surface area (Å²) in [5, 5.41) is 3.77. The highest BCUT2D eigenvalue weighted by Crippen LogP contribution is 2.25. The second kappa shape index (κ2) is 7.88. The number of pyridine rings is 2. The summed E-state index contributed by atoms with van der Waals surface area (Å²) in [6.07, 6.45) is 3.43. The Hall–Kier alpha value is -3.73. The van der Waals surface area contributed by atoms with Crippen molar-refractivity contribution < 1.29 is 9.53 Å². The van der Waals surface area contributed by atoms with Crippen molar-refractivity contribution in [3.8, 4) is 17.0 Å². The summed E-state index contributed by atoms with van der Waals surface area (Å²) in [7, 11) is 0. The lowest BCUT2D eigenvalue weighted by molar-refractivity contribution is 0.102. The fourth-order valence-electron chi connectivity index (χ4n) is 3.03. The van der Waals surface area contributed by atoms with Gasteiger partial charge in [0.1, 0.15) is 5.75 Å². The van der Waals surface area contributed by atoms with Gasteiger partial charge in [0.2, 0.25) is 0 Å². The summed E-state index contributed by atoms with van der Waals surface area (Å²) < 4.78 is 5.45. The maximum Gasteiger partial charge on any atom is 0.256 e. The maximum absolute atomic E-state index is 13.0. The second-order valence-electron chi connectivity index (χ2n) is 6.22. The van der Waals surface area contributed by atoms with E-state index in [-0.39, 0.29) is 5.91 Å². The minimum atomic E-state index is -0.182. The molecule has 2 aromatic carbocycles. The number of aromatic nitrogens is 2. The largest absolute Gasteiger partial charge is 0.494 e. The molecular weight excluding hydrogens is 350 g/mol. The molecule has 1 N–H and O–H groups in total. The zero-order chi connectivity index (χ0) is 19.3. The molecule has 0 aliphatic carbocycles. The van der Waals surface area contributed by atoms with Crippen molar-refractivity contribution in [1.29, 1.82) is 0 Å². The number of benzene rings is 2. The lowest BCUT2D eigenvalue weighted by Gasteiger charge is -2.11. The van der Waals surface area contributed by atoms with Gasteiger partial charge in [-0.15, -0.1) is 0 Å². The fourth-order valence-corrected chi connectivity index (χ4v) is 3.03. The van der Waals surface area contributed by atoms with Crippen molar-refractivity contribution in [2.24, 2.45) is 0 Å². The minimum absolute atomic E-state index is 0.182. The van der Waals surface area contributed by atoms with E-state index in [1.807, 2.05) is 73.7 Å². The molecule has 0 aliphatic heterocycles. The first-order valence-electron chi connectivity index (χ1n) is 9.09. The Morgan fingerprint density at radius 1 is 1.00 bits per heavy atom. The van der Waals surface area contributed by atoms with Gasteiger partial charge in [0.25, 0.3) is 5.91 Å². The molecule has 4 rings (SSSR count). The van der Waals surface area contributed by atoms with Crippen molar-refractivity contribution in [3.05, 3.63) is 84.7 Å². The lowest BCUT2D eigenvalue weighted by atomic mass is 10.0. The molecule has 2 aromatic heterocycles. The van der Waals surface area contributed by atoms with Gasteiger partial charge in [0.05, 0.1) is 23.4 Å². The van der Waals surface area contributed by atoms with E-state index >= 15 is 0 Å². The van der Waals surface area contributed by atoms with E-state index < -0.39 is 0 Å². The van der Waals surface area contributed by atoms with Gasteiger partial charge >= 0.3 is 0 Å². The van der Waals surface area contributed by atoms with E-state index in [1.165, 1.54) is 0 Å². The topological polar surface area (TPSA) is 64.1 Å². The van der Waals surface area contributed by atoms with E-state index in [9.17, 15) is 4.79 Å². The first-order valence-corrected chi connectivity index (χ1v) is 9.09. The van der Waals surface area contributed by atoms with Crippen LogP contribution < -0.4 is 10.1 Å². The zero-order valence-corrected chi connectivity index (χ0v) is 15.4. The van der Waals surface area contributed by atoms with Crippen LogP contribution in [0, 0.1) is 0 Å². The molecule has 1 amide bonds. The summed E-state index contributed by atoms with van der Waals surface area (Å²) in [6.45, 7) is 2.54. The van der Waals surface area contributed by atoms with Crippen molar-refractivity contribution in [2.45, 2.75) is 6.92 Å². The zero-order valence-electron chi connectivity index (χ0n) is 15.4. The van der Waals surface area contributed by atoms with Gasteiger partial charge in [0.15, 0.2) is 0 Å². The number of fused-ring (bicyclic) bond motifs is 1. The van der Waals surface area contributed by atoms with Crippen LogP contribution in [0.2, 0.25) is 0 Å². The van der Waals surface area contributed by atoms with Crippen molar-refractivity contribution in [3.63, 3.8) is 0 Å². The Kier molecular flexibility index (Phi) is 4.97. The van der Waals surface area contributed by atoms with E-state index in [1.54, 1.807) is 12.4 Å². The van der Waals surface area contributed by atoms with Crippen LogP contribution in [0.4, 0.5) is 5.69 Å². The standard InChI is InChI=1S/C23H19N3O2/c1-2-28-18-9-7-17(8-10-18)25-23(27)20-15-22(16-11-13-24-14-12-16)26-21-6-4-3-5-19(20)21/h3-15H,2H2,1H3,(H,25,27). The Morgan fingerprint density at radius 2 is 1.75 bits per heavy atom. The highest BCUT2D eigenvalue weighted by atomic mass is 16.5. The fraction of sp³-hybridized carbons (Fsp3) is 0.0870. The molecule has 2 heterocycles. The number of carbonyl (C=O) groups excluding carboxylic acids is 1. The Morgan fingerprint density at radius 3 is 2.50 bits per heavy atom. The quantitative estimate of drug-likeness (QED) is 0.541. The van der Waals surface area contributed by atoms with Crippen LogP contribution in [0.5, 0.6) is 5.75 Å². The summed E-state index contributed by atoms with van der Waals surface area (Å²) in [5.41, 5.74) is 3.70. The predicted octanol–water partition coefficient (Wildman–Crippen LogP) is 4.95. The smallest absolute Gasteiger partial charge is 0.256 e. The molecule has 138 valence electrons. The normalized spacial score (nSPS) is 10.6. The molecule has 5 nitrogen and oxygen atoms in total. The number of rotatable bonds is 5. The molecule has 0 fully saturated rings. The molecular formula is C23H19N3O2. The van der Waals surface area contributed by atoms with Crippen LogP contribution in [0.1, 0.15) is 17.3 Å². The molecule has 0 atom stereocenters. The summed E-state index contributed by atoms with van der Waals surface area (Å²) in [4.78, 5) is 21.8. The average Bonchev–Trinajstić information content (AvgIpc) is 2.75. The Labute approximate surface area is 163 Å². The second-order valence-corrected chi connectivity index (χ2v) is 6.22. The molecule has 28 heavy (non-hydrogen) atoms. The third kappa shape index (κ3) is 3.69. The van der Waals surface area contributed by atoms with Crippen molar-refractivity contribution in [2.75, 3.05) is 11.9 Å². The van der Waals surface area contributed by atoms with E-state index in [0.717, 1.165) is 27.9 Å². The molecule has 0 bridgehead atoms. The van der Waals surface area contributed by atoms with Gasteiger partial charge in [-0.1, -0.05) is 18.2 Å². The van der Waals surface area contributed by atoms with Gasteiger partial charge in [-0.25, -0.2) is 4.98 Å². The van der Waals surface area contributed by atoms with Crippen LogP contribution in [-0.4, -0.2) is 22.5 Å². The van der Waals surface area contributed by atoms with Gasteiger partial charge < -0.3 is 10.1 Å². The number of amides is 1. The number of ether oxygens (including phenoxy) is 1. The average molecular weight is 369 g/mol. The van der Waals surface area contributed by atoms with E-state index in [2.05, 4.69) is 10.3 Å². The third-order valence-electron chi connectivity index (χ3n) is 4.36. The number of para-hydroxylation sites is 1. The number of nitrogens with one attached hydrogen (secondary N) is 1. The summed E-state index contributed by atoms with van der Waals surface area (Å²) in [6, 6.07) is 20.6. The van der Waals surface area contributed by atoms with Gasteiger partial charge in [-0.05, 0) is 55.5 Å². The van der Waals surface area contributed by atoms with Crippen LogP contribution in [0.25, 0.3) is 22.2 Å². The molecule has 0 unspecified atom stereocenters. The van der Waals surface area contributed by atoms with Crippen molar-refractivity contribution >= 4 is 22.5 Å². The number of hydrogen-bond donors (Lipinski definition) is 1. The highest BCUT2D eigenvalue weighted by Gasteiger charge is 2.14. The number of hydrogen-bond acceptors (Lipinski definition) is 4. The predicted molar refractivity (Wildman–Crippen MR) is 111 cm³/mol. The first kappa shape index (κ1) is 17.7. The van der Waals surface area contributed by atoms with Crippen LogP contribution >= 0.6 is 0 Å². The molecule has 0 aliphatic rings. The number of nitrogens with zero attached hydrogens (tertiary/aromatic N) is 2. The van der Waals surface area contributed by atoms with E-state index in [4.69, 9.17) is 9.72 Å².